The number of anilines is 1. The Morgan fingerprint density at radius 1 is 1.33 bits per heavy atom. The van der Waals surface area contributed by atoms with Crippen LogP contribution < -0.4 is 10.6 Å². The van der Waals surface area contributed by atoms with Crippen LogP contribution in [0.15, 0.2) is 36.9 Å². The highest BCUT2D eigenvalue weighted by molar-refractivity contribution is 6.30. The molecule has 0 bridgehead atoms. The predicted octanol–water partition coefficient (Wildman–Crippen LogP) is 2.82. The fraction of sp³-hybridized carbons (Fsp3) is 0.364. The molecule has 0 aliphatic carbocycles. The van der Waals surface area contributed by atoms with Gasteiger partial charge in [0.05, 0.1) is 12.6 Å². The molecule has 1 saturated heterocycles. The lowest BCUT2D eigenvalue weighted by Crippen LogP contribution is -2.31. The van der Waals surface area contributed by atoms with Gasteiger partial charge in [0.15, 0.2) is 0 Å². The van der Waals surface area contributed by atoms with Crippen molar-refractivity contribution < 1.29 is 19.0 Å². The number of benzene rings is 1. The zero-order valence-electron chi connectivity index (χ0n) is 18.0. The maximum atomic E-state index is 13.7. The van der Waals surface area contributed by atoms with Crippen LogP contribution in [-0.4, -0.2) is 56.4 Å². The summed E-state index contributed by atoms with van der Waals surface area (Å²) in [6.07, 6.45) is 6.49. The SMILES string of the molecule is Cc1cnc(NC2CCOCC2)nc1-n1cnc(C(=O)NC(CO)c2cc(F)cc(Cl)c2)c1. The van der Waals surface area contributed by atoms with Crippen LogP contribution in [0.1, 0.15) is 40.5 Å². The van der Waals surface area contributed by atoms with Gasteiger partial charge in [0, 0.05) is 42.2 Å². The Hall–Kier alpha value is -3.08. The minimum absolute atomic E-state index is 0.118. The molecule has 3 N–H and O–H groups in total. The van der Waals surface area contributed by atoms with Gasteiger partial charge in [-0.3, -0.25) is 9.36 Å². The lowest BCUT2D eigenvalue weighted by molar-refractivity contribution is 0.0902. The number of nitrogens with one attached hydrogen (secondary N) is 2. The van der Waals surface area contributed by atoms with Crippen LogP contribution in [0.25, 0.3) is 5.82 Å². The van der Waals surface area contributed by atoms with E-state index in [0.717, 1.165) is 24.5 Å². The van der Waals surface area contributed by atoms with Gasteiger partial charge in [-0.25, -0.2) is 14.4 Å². The third-order valence-electron chi connectivity index (χ3n) is 5.33. The number of carbonyl (C=O) groups is 1. The van der Waals surface area contributed by atoms with Crippen molar-refractivity contribution >= 4 is 23.5 Å². The lowest BCUT2D eigenvalue weighted by atomic mass is 10.1. The average Bonchev–Trinajstić information content (AvgIpc) is 3.29. The van der Waals surface area contributed by atoms with Crippen molar-refractivity contribution in [2.45, 2.75) is 31.8 Å². The van der Waals surface area contributed by atoms with E-state index in [1.54, 1.807) is 10.8 Å². The van der Waals surface area contributed by atoms with Crippen LogP contribution >= 0.6 is 11.6 Å². The van der Waals surface area contributed by atoms with E-state index in [2.05, 4.69) is 25.6 Å². The zero-order valence-corrected chi connectivity index (χ0v) is 18.7. The summed E-state index contributed by atoms with van der Waals surface area (Å²) >= 11 is 5.89. The number of aromatic nitrogens is 4. The van der Waals surface area contributed by atoms with Gasteiger partial charge in [-0.15, -0.1) is 0 Å². The van der Waals surface area contributed by atoms with Gasteiger partial charge in [0.25, 0.3) is 5.91 Å². The molecule has 0 radical (unpaired) electrons. The predicted molar refractivity (Wildman–Crippen MR) is 120 cm³/mol. The molecule has 3 aromatic rings. The Morgan fingerprint density at radius 2 is 2.12 bits per heavy atom. The molecule has 1 amide bonds. The van der Waals surface area contributed by atoms with E-state index < -0.39 is 24.4 Å². The minimum Gasteiger partial charge on any atom is -0.394 e. The summed E-state index contributed by atoms with van der Waals surface area (Å²) in [5, 5.41) is 15.9. The Labute approximate surface area is 195 Å². The van der Waals surface area contributed by atoms with E-state index in [0.29, 0.717) is 30.5 Å². The summed E-state index contributed by atoms with van der Waals surface area (Å²) in [6, 6.07) is 3.25. The number of nitrogens with zero attached hydrogens (tertiary/aromatic N) is 4. The average molecular weight is 475 g/mol. The fourth-order valence-corrected chi connectivity index (χ4v) is 3.82. The summed E-state index contributed by atoms with van der Waals surface area (Å²) in [7, 11) is 0. The molecule has 1 unspecified atom stereocenters. The molecule has 9 nitrogen and oxygen atoms in total. The highest BCUT2D eigenvalue weighted by Gasteiger charge is 2.20. The number of amides is 1. The van der Waals surface area contributed by atoms with Crippen LogP contribution in [0.4, 0.5) is 10.3 Å². The highest BCUT2D eigenvalue weighted by Crippen LogP contribution is 2.21. The van der Waals surface area contributed by atoms with Gasteiger partial charge >= 0.3 is 0 Å². The Balaban J connectivity index is 1.49. The van der Waals surface area contributed by atoms with Gasteiger partial charge in [0.2, 0.25) is 5.95 Å². The second-order valence-corrected chi connectivity index (χ2v) is 8.25. The number of aliphatic hydroxyl groups excluding tert-OH is 1. The van der Waals surface area contributed by atoms with Crippen LogP contribution in [0, 0.1) is 12.7 Å². The molecular weight excluding hydrogens is 451 g/mol. The standard InChI is InChI=1S/C22H24ClFN6O3/c1-13-9-25-22(27-17-2-4-33-5-3-17)29-20(13)30-10-18(26-12-30)21(32)28-19(11-31)14-6-15(23)8-16(24)7-14/h6-10,12,17,19,31H,2-5,11H2,1H3,(H,28,32)(H,25,27,29). The van der Waals surface area contributed by atoms with E-state index in [9.17, 15) is 14.3 Å². The van der Waals surface area contributed by atoms with Crippen LogP contribution in [0.3, 0.4) is 0 Å². The normalized spacial score (nSPS) is 15.3. The van der Waals surface area contributed by atoms with Crippen molar-refractivity contribution in [1.29, 1.82) is 0 Å². The number of halogens is 2. The van der Waals surface area contributed by atoms with Gasteiger partial charge in [-0.1, -0.05) is 11.6 Å². The number of imidazole rings is 1. The summed E-state index contributed by atoms with van der Waals surface area (Å²) in [4.78, 5) is 25.8. The maximum absolute atomic E-state index is 13.7. The number of hydrogen-bond acceptors (Lipinski definition) is 7. The van der Waals surface area contributed by atoms with Gasteiger partial charge in [-0.05, 0) is 43.5 Å². The molecule has 4 rings (SSSR count). The molecule has 3 heterocycles. The Morgan fingerprint density at radius 3 is 2.85 bits per heavy atom. The number of ether oxygens (including phenoxy) is 1. The number of aryl methyl sites for hydroxylation is 1. The number of rotatable bonds is 7. The second kappa shape index (κ2) is 10.2. The first-order valence-corrected chi connectivity index (χ1v) is 10.9. The maximum Gasteiger partial charge on any atom is 0.272 e. The summed E-state index contributed by atoms with van der Waals surface area (Å²) in [5.74, 6) is -0.00779. The fourth-order valence-electron chi connectivity index (χ4n) is 3.59. The largest absolute Gasteiger partial charge is 0.394 e. The van der Waals surface area contributed by atoms with Gasteiger partial charge in [0.1, 0.15) is 23.7 Å². The third-order valence-corrected chi connectivity index (χ3v) is 5.55. The van der Waals surface area contributed by atoms with E-state index in [4.69, 9.17) is 16.3 Å². The number of hydrogen-bond donors (Lipinski definition) is 3. The highest BCUT2D eigenvalue weighted by atomic mass is 35.5. The smallest absolute Gasteiger partial charge is 0.272 e. The molecule has 1 fully saturated rings. The molecule has 1 aliphatic rings. The first kappa shape index (κ1) is 23.1. The van der Waals surface area contributed by atoms with Crippen molar-refractivity contribution in [2.24, 2.45) is 0 Å². The summed E-state index contributed by atoms with van der Waals surface area (Å²) in [5.41, 5.74) is 1.28. The molecule has 174 valence electrons. The molecule has 33 heavy (non-hydrogen) atoms. The van der Waals surface area contributed by atoms with Crippen molar-refractivity contribution in [1.82, 2.24) is 24.8 Å². The molecule has 1 aromatic carbocycles. The van der Waals surface area contributed by atoms with E-state index in [1.165, 1.54) is 24.7 Å². The Bertz CT molecular complexity index is 1110. The topological polar surface area (TPSA) is 114 Å². The number of carbonyl (C=O) groups excluding carboxylic acids is 1. The van der Waals surface area contributed by atoms with Gasteiger partial charge < -0.3 is 20.5 Å². The molecule has 1 aliphatic heterocycles. The second-order valence-electron chi connectivity index (χ2n) is 7.81. The monoisotopic (exact) mass is 474 g/mol. The molecule has 1 atom stereocenters. The Kier molecular flexibility index (Phi) is 7.17. The minimum atomic E-state index is -0.841. The van der Waals surface area contributed by atoms with Crippen LogP contribution in [0.5, 0.6) is 0 Å². The van der Waals surface area contributed by atoms with Gasteiger partial charge in [-0.2, -0.15) is 4.98 Å². The zero-order chi connectivity index (χ0) is 23.4. The molecular formula is C22H24ClFN6O3. The first-order chi connectivity index (χ1) is 15.9. The first-order valence-electron chi connectivity index (χ1n) is 10.5. The quantitative estimate of drug-likeness (QED) is 0.482. The number of aliphatic hydroxyl groups is 1. The summed E-state index contributed by atoms with van der Waals surface area (Å²) in [6.45, 7) is 2.83. The van der Waals surface area contributed by atoms with E-state index in [1.807, 2.05) is 6.92 Å². The van der Waals surface area contributed by atoms with Crippen molar-refractivity contribution in [2.75, 3.05) is 25.1 Å². The van der Waals surface area contributed by atoms with Crippen LogP contribution in [-0.2, 0) is 4.74 Å². The third kappa shape index (κ3) is 5.65. The lowest BCUT2D eigenvalue weighted by Gasteiger charge is -2.23. The van der Waals surface area contributed by atoms with Crippen LogP contribution in [0.2, 0.25) is 5.02 Å². The van der Waals surface area contributed by atoms with Crippen molar-refractivity contribution in [3.63, 3.8) is 0 Å². The molecule has 2 aromatic heterocycles. The molecule has 0 spiro atoms. The van der Waals surface area contributed by atoms with Crippen molar-refractivity contribution in [3.8, 4) is 5.82 Å². The molecule has 0 saturated carbocycles. The van der Waals surface area contributed by atoms with Crippen molar-refractivity contribution in [3.05, 3.63) is 64.6 Å². The molecule has 11 heteroatoms. The van der Waals surface area contributed by atoms with E-state index in [-0.39, 0.29) is 16.8 Å². The summed E-state index contributed by atoms with van der Waals surface area (Å²) < 4.78 is 20.7. The van der Waals surface area contributed by atoms with E-state index >= 15 is 0 Å².